The van der Waals surface area contributed by atoms with Crippen molar-refractivity contribution in [1.82, 2.24) is 10.6 Å². The van der Waals surface area contributed by atoms with Gasteiger partial charge in [-0.15, -0.1) is 0 Å². The zero-order chi connectivity index (χ0) is 7.40. The van der Waals surface area contributed by atoms with Crippen LogP contribution in [0, 0.1) is 0 Å². The van der Waals surface area contributed by atoms with Crippen LogP contribution in [-0.4, -0.2) is 38.9 Å². The second-order valence-corrected chi connectivity index (χ2v) is 2.69. The van der Waals surface area contributed by atoms with E-state index < -0.39 is 0 Å². The lowest BCUT2D eigenvalue weighted by atomic mass is 10.1. The van der Waals surface area contributed by atoms with Crippen molar-refractivity contribution in [2.45, 2.75) is 19.1 Å². The first-order chi connectivity index (χ1) is 4.84. The van der Waals surface area contributed by atoms with E-state index in [1.807, 2.05) is 7.05 Å². The van der Waals surface area contributed by atoms with E-state index in [1.54, 1.807) is 0 Å². The van der Waals surface area contributed by atoms with Crippen molar-refractivity contribution >= 4 is 0 Å². The van der Waals surface area contributed by atoms with Crippen LogP contribution in [0.2, 0.25) is 0 Å². The Morgan fingerprint density at radius 3 is 3.10 bits per heavy atom. The highest BCUT2D eigenvalue weighted by Crippen LogP contribution is 2.01. The SMILES string of the molecule is CNCC1NCCOC1C. The number of rotatable bonds is 2. The first-order valence-corrected chi connectivity index (χ1v) is 3.84. The topological polar surface area (TPSA) is 33.3 Å². The van der Waals surface area contributed by atoms with Gasteiger partial charge in [-0.25, -0.2) is 0 Å². The maximum absolute atomic E-state index is 5.44. The summed E-state index contributed by atoms with van der Waals surface area (Å²) >= 11 is 0. The van der Waals surface area contributed by atoms with E-state index in [4.69, 9.17) is 4.74 Å². The molecule has 2 atom stereocenters. The van der Waals surface area contributed by atoms with Gasteiger partial charge in [0.25, 0.3) is 0 Å². The number of hydrogen-bond acceptors (Lipinski definition) is 3. The van der Waals surface area contributed by atoms with Gasteiger partial charge in [-0.2, -0.15) is 0 Å². The van der Waals surface area contributed by atoms with E-state index >= 15 is 0 Å². The molecule has 2 unspecified atom stereocenters. The molecule has 0 aromatic carbocycles. The first kappa shape index (κ1) is 7.98. The molecular weight excluding hydrogens is 128 g/mol. The zero-order valence-electron chi connectivity index (χ0n) is 6.68. The highest BCUT2D eigenvalue weighted by atomic mass is 16.5. The number of morpholine rings is 1. The Balaban J connectivity index is 2.25. The average molecular weight is 144 g/mol. The molecule has 2 N–H and O–H groups in total. The van der Waals surface area contributed by atoms with Gasteiger partial charge in [-0.1, -0.05) is 0 Å². The molecule has 1 aliphatic heterocycles. The van der Waals surface area contributed by atoms with Crippen molar-refractivity contribution in [2.75, 3.05) is 26.7 Å². The summed E-state index contributed by atoms with van der Waals surface area (Å²) in [6.07, 6.45) is 0.348. The fraction of sp³-hybridized carbons (Fsp3) is 1.00. The third-order valence-electron chi connectivity index (χ3n) is 1.88. The minimum atomic E-state index is 0.348. The van der Waals surface area contributed by atoms with Gasteiger partial charge in [0.2, 0.25) is 0 Å². The Morgan fingerprint density at radius 2 is 2.50 bits per heavy atom. The summed E-state index contributed by atoms with van der Waals surface area (Å²) in [7, 11) is 1.96. The number of hydrogen-bond donors (Lipinski definition) is 2. The van der Waals surface area contributed by atoms with Crippen LogP contribution in [0.5, 0.6) is 0 Å². The Kier molecular flexibility index (Phi) is 3.12. The first-order valence-electron chi connectivity index (χ1n) is 3.84. The van der Waals surface area contributed by atoms with Gasteiger partial charge in [0.15, 0.2) is 0 Å². The van der Waals surface area contributed by atoms with E-state index in [2.05, 4.69) is 17.6 Å². The van der Waals surface area contributed by atoms with Gasteiger partial charge in [-0.3, -0.25) is 0 Å². The predicted molar refractivity (Wildman–Crippen MR) is 41.1 cm³/mol. The molecule has 1 fully saturated rings. The standard InChI is InChI=1S/C7H16N2O/c1-6-7(5-8-2)9-3-4-10-6/h6-9H,3-5H2,1-2H3. The molecule has 3 heteroatoms. The van der Waals surface area contributed by atoms with Crippen LogP contribution in [0.25, 0.3) is 0 Å². The highest BCUT2D eigenvalue weighted by Gasteiger charge is 2.19. The largest absolute Gasteiger partial charge is 0.376 e. The lowest BCUT2D eigenvalue weighted by Gasteiger charge is -2.30. The normalized spacial score (nSPS) is 34.2. The minimum absolute atomic E-state index is 0.348. The van der Waals surface area contributed by atoms with Crippen LogP contribution in [0.3, 0.4) is 0 Å². The second-order valence-electron chi connectivity index (χ2n) is 2.69. The molecule has 0 aromatic heterocycles. The lowest BCUT2D eigenvalue weighted by molar-refractivity contribution is 0.00904. The van der Waals surface area contributed by atoms with Crippen LogP contribution < -0.4 is 10.6 Å². The molecule has 0 bridgehead atoms. The van der Waals surface area contributed by atoms with Crippen molar-refractivity contribution in [3.05, 3.63) is 0 Å². The Labute approximate surface area is 62.1 Å². The van der Waals surface area contributed by atoms with Gasteiger partial charge >= 0.3 is 0 Å². The molecule has 1 rings (SSSR count). The summed E-state index contributed by atoms with van der Waals surface area (Å²) in [4.78, 5) is 0. The van der Waals surface area contributed by atoms with Crippen molar-refractivity contribution < 1.29 is 4.74 Å². The van der Waals surface area contributed by atoms with Crippen molar-refractivity contribution in [1.29, 1.82) is 0 Å². The minimum Gasteiger partial charge on any atom is -0.376 e. The van der Waals surface area contributed by atoms with Gasteiger partial charge in [-0.05, 0) is 14.0 Å². The van der Waals surface area contributed by atoms with Gasteiger partial charge in [0.1, 0.15) is 0 Å². The van der Waals surface area contributed by atoms with Crippen molar-refractivity contribution in [3.8, 4) is 0 Å². The molecule has 1 heterocycles. The van der Waals surface area contributed by atoms with Crippen LogP contribution in [0.1, 0.15) is 6.92 Å². The molecule has 0 aromatic rings. The molecule has 0 spiro atoms. The Morgan fingerprint density at radius 1 is 1.70 bits per heavy atom. The Hall–Kier alpha value is -0.120. The van der Waals surface area contributed by atoms with E-state index in [9.17, 15) is 0 Å². The summed E-state index contributed by atoms with van der Waals surface area (Å²) in [6, 6.07) is 0.485. The van der Waals surface area contributed by atoms with Crippen LogP contribution in [0.15, 0.2) is 0 Å². The molecule has 0 amide bonds. The van der Waals surface area contributed by atoms with Crippen LogP contribution in [-0.2, 0) is 4.74 Å². The summed E-state index contributed by atoms with van der Waals surface area (Å²) in [5.74, 6) is 0. The smallest absolute Gasteiger partial charge is 0.0713 e. The van der Waals surface area contributed by atoms with E-state index in [1.165, 1.54) is 0 Å². The molecule has 0 aliphatic carbocycles. The molecule has 3 nitrogen and oxygen atoms in total. The summed E-state index contributed by atoms with van der Waals surface area (Å²) in [5, 5.41) is 6.51. The average Bonchev–Trinajstić information content (AvgIpc) is 1.94. The third-order valence-corrected chi connectivity index (χ3v) is 1.88. The molecule has 10 heavy (non-hydrogen) atoms. The van der Waals surface area contributed by atoms with Crippen LogP contribution >= 0.6 is 0 Å². The third kappa shape index (κ3) is 1.94. The molecular formula is C7H16N2O. The maximum atomic E-state index is 5.44. The van der Waals surface area contributed by atoms with Gasteiger partial charge < -0.3 is 15.4 Å². The molecule has 1 saturated heterocycles. The fourth-order valence-electron chi connectivity index (χ4n) is 1.23. The number of ether oxygens (including phenoxy) is 1. The van der Waals surface area contributed by atoms with Crippen LogP contribution in [0.4, 0.5) is 0 Å². The quantitative estimate of drug-likeness (QED) is 0.552. The molecule has 60 valence electrons. The Bertz CT molecular complexity index is 95.6. The monoisotopic (exact) mass is 144 g/mol. The lowest BCUT2D eigenvalue weighted by Crippen LogP contribution is -2.51. The van der Waals surface area contributed by atoms with Gasteiger partial charge in [0.05, 0.1) is 12.7 Å². The summed E-state index contributed by atoms with van der Waals surface area (Å²) in [6.45, 7) is 4.92. The van der Waals surface area contributed by atoms with E-state index in [0.29, 0.717) is 12.1 Å². The van der Waals surface area contributed by atoms with Crippen molar-refractivity contribution in [2.24, 2.45) is 0 Å². The fourth-order valence-corrected chi connectivity index (χ4v) is 1.23. The maximum Gasteiger partial charge on any atom is 0.0713 e. The molecule has 0 saturated carbocycles. The summed E-state index contributed by atoms with van der Waals surface area (Å²) in [5.41, 5.74) is 0. The van der Waals surface area contributed by atoms with E-state index in [-0.39, 0.29) is 0 Å². The predicted octanol–water partition coefficient (Wildman–Crippen LogP) is -0.417. The number of likely N-dealkylation sites (N-methyl/N-ethyl adjacent to an activating group) is 1. The zero-order valence-corrected chi connectivity index (χ0v) is 6.68. The van der Waals surface area contributed by atoms with Crippen molar-refractivity contribution in [3.63, 3.8) is 0 Å². The van der Waals surface area contributed by atoms with E-state index in [0.717, 1.165) is 19.7 Å². The van der Waals surface area contributed by atoms with Gasteiger partial charge in [0, 0.05) is 19.1 Å². The summed E-state index contributed by atoms with van der Waals surface area (Å²) < 4.78 is 5.44. The molecule has 0 radical (unpaired) electrons. The highest BCUT2D eigenvalue weighted by molar-refractivity contribution is 4.78. The molecule has 1 aliphatic rings. The second kappa shape index (κ2) is 3.91. The number of nitrogens with one attached hydrogen (secondary N) is 2.